The molecule has 0 spiro atoms. The van der Waals surface area contributed by atoms with Gasteiger partial charge in [-0.1, -0.05) is 19.1 Å². The number of amides is 1. The van der Waals surface area contributed by atoms with E-state index in [1.165, 1.54) is 0 Å². The summed E-state index contributed by atoms with van der Waals surface area (Å²) in [5.74, 6) is -0.0713. The summed E-state index contributed by atoms with van der Waals surface area (Å²) in [5, 5.41) is 0. The Morgan fingerprint density at radius 3 is 2.24 bits per heavy atom. The lowest BCUT2D eigenvalue weighted by atomic mass is 10.1. The fourth-order valence-electron chi connectivity index (χ4n) is 2.18. The third-order valence-electron chi connectivity index (χ3n) is 3.51. The van der Waals surface area contributed by atoms with Crippen LogP contribution < -0.4 is 5.73 Å². The maximum atomic E-state index is 12.5. The monoisotopic (exact) mass is 312 g/mol. The highest BCUT2D eigenvalue weighted by Gasteiger charge is 2.24. The average Bonchev–Trinajstić information content (AvgIpc) is 2.47. The van der Waals surface area contributed by atoms with Crippen molar-refractivity contribution in [3.05, 3.63) is 35.4 Å². The Morgan fingerprint density at radius 2 is 1.81 bits per heavy atom. The van der Waals surface area contributed by atoms with Crippen LogP contribution in [0.1, 0.15) is 36.7 Å². The minimum Gasteiger partial charge on any atom is -0.335 e. The number of hydrogen-bond acceptors (Lipinski definition) is 4. The third kappa shape index (κ3) is 4.82. The maximum absolute atomic E-state index is 12.5. The second-order valence-electron chi connectivity index (χ2n) is 5.04. The molecule has 0 aliphatic rings. The number of carbonyl (C=O) groups is 1. The summed E-state index contributed by atoms with van der Waals surface area (Å²) in [7, 11) is -3.11. The van der Waals surface area contributed by atoms with Gasteiger partial charge in [0.15, 0.2) is 9.84 Å². The minimum absolute atomic E-state index is 0.00996. The van der Waals surface area contributed by atoms with E-state index in [4.69, 9.17) is 5.73 Å². The zero-order valence-corrected chi connectivity index (χ0v) is 13.7. The van der Waals surface area contributed by atoms with Gasteiger partial charge in [0, 0.05) is 30.4 Å². The maximum Gasteiger partial charge on any atom is 0.254 e. The molecule has 1 unspecified atom stereocenters. The largest absolute Gasteiger partial charge is 0.335 e. The van der Waals surface area contributed by atoms with Crippen molar-refractivity contribution >= 4 is 15.7 Å². The summed E-state index contributed by atoms with van der Waals surface area (Å²) in [6.45, 7) is 6.13. The van der Waals surface area contributed by atoms with E-state index in [1.807, 2.05) is 19.1 Å². The van der Waals surface area contributed by atoms with Gasteiger partial charge in [-0.25, -0.2) is 8.42 Å². The van der Waals surface area contributed by atoms with Crippen LogP contribution in [0.4, 0.5) is 0 Å². The normalized spacial score (nSPS) is 13.0. The number of nitrogens with two attached hydrogens (primary N) is 1. The zero-order valence-electron chi connectivity index (χ0n) is 12.9. The van der Waals surface area contributed by atoms with Gasteiger partial charge in [-0.3, -0.25) is 4.79 Å². The van der Waals surface area contributed by atoms with Crippen molar-refractivity contribution in [1.29, 1.82) is 0 Å². The standard InChI is InChI=1S/C15H24N2O3S/c1-4-17(12(3)11-21(19,20)5-2)15(18)14-8-6-13(10-16)7-9-14/h6-9,12H,4-5,10-11,16H2,1-3H3. The van der Waals surface area contributed by atoms with E-state index in [0.717, 1.165) is 5.56 Å². The van der Waals surface area contributed by atoms with Crippen LogP contribution >= 0.6 is 0 Å². The van der Waals surface area contributed by atoms with Gasteiger partial charge in [0.2, 0.25) is 0 Å². The molecule has 5 nitrogen and oxygen atoms in total. The SMILES string of the molecule is CCN(C(=O)c1ccc(CN)cc1)C(C)CS(=O)(=O)CC. The highest BCUT2D eigenvalue weighted by Crippen LogP contribution is 2.12. The first-order valence-corrected chi connectivity index (χ1v) is 8.97. The number of nitrogens with zero attached hydrogens (tertiary/aromatic N) is 1. The van der Waals surface area contributed by atoms with Crippen LogP contribution in [-0.2, 0) is 16.4 Å². The highest BCUT2D eigenvalue weighted by molar-refractivity contribution is 7.91. The van der Waals surface area contributed by atoms with E-state index in [-0.39, 0.29) is 23.5 Å². The quantitative estimate of drug-likeness (QED) is 0.826. The summed E-state index contributed by atoms with van der Waals surface area (Å²) in [6, 6.07) is 6.74. The molecule has 0 aliphatic carbocycles. The molecule has 0 saturated carbocycles. The van der Waals surface area contributed by atoms with Crippen molar-refractivity contribution in [2.75, 3.05) is 18.1 Å². The van der Waals surface area contributed by atoms with Gasteiger partial charge in [0.05, 0.1) is 5.75 Å². The van der Waals surface area contributed by atoms with Crippen LogP contribution in [0, 0.1) is 0 Å². The molecule has 1 atom stereocenters. The van der Waals surface area contributed by atoms with Gasteiger partial charge in [-0.15, -0.1) is 0 Å². The number of hydrogen-bond donors (Lipinski definition) is 1. The molecular formula is C15H24N2O3S. The van der Waals surface area contributed by atoms with E-state index in [9.17, 15) is 13.2 Å². The van der Waals surface area contributed by atoms with Crippen LogP contribution in [0.15, 0.2) is 24.3 Å². The molecule has 21 heavy (non-hydrogen) atoms. The molecule has 1 aromatic carbocycles. The van der Waals surface area contributed by atoms with Crippen molar-refractivity contribution in [3.8, 4) is 0 Å². The molecule has 0 radical (unpaired) electrons. The lowest BCUT2D eigenvalue weighted by molar-refractivity contribution is 0.0719. The second-order valence-corrected chi connectivity index (χ2v) is 7.44. The van der Waals surface area contributed by atoms with Gasteiger partial charge < -0.3 is 10.6 Å². The Morgan fingerprint density at radius 1 is 1.24 bits per heavy atom. The predicted molar refractivity (Wildman–Crippen MR) is 84.8 cm³/mol. The smallest absolute Gasteiger partial charge is 0.254 e. The fraction of sp³-hybridized carbons (Fsp3) is 0.533. The van der Waals surface area contributed by atoms with E-state index in [1.54, 1.807) is 30.9 Å². The van der Waals surface area contributed by atoms with Crippen LogP contribution in [0.5, 0.6) is 0 Å². The molecule has 1 aromatic rings. The molecular weight excluding hydrogens is 288 g/mol. The molecule has 0 bridgehead atoms. The second kappa shape index (κ2) is 7.56. The molecule has 0 saturated heterocycles. The van der Waals surface area contributed by atoms with Gasteiger partial charge in [0.1, 0.15) is 0 Å². The lowest BCUT2D eigenvalue weighted by Gasteiger charge is -2.28. The average molecular weight is 312 g/mol. The minimum atomic E-state index is -3.11. The summed E-state index contributed by atoms with van der Waals surface area (Å²) in [6.07, 6.45) is 0. The fourth-order valence-corrected chi connectivity index (χ4v) is 3.33. The molecule has 0 heterocycles. The number of sulfone groups is 1. The van der Waals surface area contributed by atoms with Gasteiger partial charge in [0.25, 0.3) is 5.91 Å². The summed E-state index contributed by atoms with van der Waals surface area (Å²) in [5.41, 5.74) is 7.04. The van der Waals surface area contributed by atoms with Crippen LogP contribution in [0.25, 0.3) is 0 Å². The van der Waals surface area contributed by atoms with E-state index in [2.05, 4.69) is 0 Å². The first-order chi connectivity index (χ1) is 9.84. The summed E-state index contributed by atoms with van der Waals surface area (Å²) in [4.78, 5) is 14.1. The Kier molecular flexibility index (Phi) is 6.36. The molecule has 6 heteroatoms. The Bertz CT molecular complexity index is 567. The molecule has 0 aliphatic heterocycles. The van der Waals surface area contributed by atoms with Gasteiger partial charge in [-0.05, 0) is 31.5 Å². The molecule has 1 amide bonds. The molecule has 118 valence electrons. The summed E-state index contributed by atoms with van der Waals surface area (Å²) >= 11 is 0. The lowest BCUT2D eigenvalue weighted by Crippen LogP contribution is -2.42. The summed E-state index contributed by atoms with van der Waals surface area (Å²) < 4.78 is 23.4. The van der Waals surface area contributed by atoms with Gasteiger partial charge >= 0.3 is 0 Å². The Labute approximate surface area is 127 Å². The zero-order chi connectivity index (χ0) is 16.0. The van der Waals surface area contributed by atoms with E-state index >= 15 is 0 Å². The van der Waals surface area contributed by atoms with Crippen LogP contribution in [0.3, 0.4) is 0 Å². The number of carbonyl (C=O) groups excluding carboxylic acids is 1. The molecule has 0 aromatic heterocycles. The molecule has 1 rings (SSSR count). The van der Waals surface area contributed by atoms with Crippen LogP contribution in [-0.4, -0.2) is 43.3 Å². The molecule has 0 fully saturated rings. The van der Waals surface area contributed by atoms with Crippen molar-refractivity contribution in [3.63, 3.8) is 0 Å². The third-order valence-corrected chi connectivity index (χ3v) is 5.38. The predicted octanol–water partition coefficient (Wildman–Crippen LogP) is 1.43. The number of rotatable bonds is 7. The first-order valence-electron chi connectivity index (χ1n) is 7.15. The highest BCUT2D eigenvalue weighted by atomic mass is 32.2. The van der Waals surface area contributed by atoms with E-state index < -0.39 is 9.84 Å². The topological polar surface area (TPSA) is 80.5 Å². The van der Waals surface area contributed by atoms with Crippen molar-refractivity contribution in [2.24, 2.45) is 5.73 Å². The van der Waals surface area contributed by atoms with E-state index in [0.29, 0.717) is 18.7 Å². The first kappa shape index (κ1) is 17.7. The Balaban J connectivity index is 2.89. The molecule has 2 N–H and O–H groups in total. The Hall–Kier alpha value is -1.40. The van der Waals surface area contributed by atoms with Crippen molar-refractivity contribution in [2.45, 2.75) is 33.4 Å². The van der Waals surface area contributed by atoms with Crippen molar-refractivity contribution in [1.82, 2.24) is 4.90 Å². The van der Waals surface area contributed by atoms with Crippen LogP contribution in [0.2, 0.25) is 0 Å². The van der Waals surface area contributed by atoms with Gasteiger partial charge in [-0.2, -0.15) is 0 Å². The number of benzene rings is 1. The van der Waals surface area contributed by atoms with Crippen molar-refractivity contribution < 1.29 is 13.2 Å².